The average molecular weight is 233 g/mol. The Balaban J connectivity index is 2.51. The molecule has 2 heterocycles. The highest BCUT2D eigenvalue weighted by atomic mass is 32.1. The predicted octanol–water partition coefficient (Wildman–Crippen LogP) is 3.05. The molecule has 16 heavy (non-hydrogen) atoms. The van der Waals surface area contributed by atoms with Crippen LogP contribution in [0.3, 0.4) is 0 Å². The summed E-state index contributed by atoms with van der Waals surface area (Å²) in [5, 5.41) is 2.05. The highest BCUT2D eigenvalue weighted by Gasteiger charge is 2.10. The van der Waals surface area contributed by atoms with Crippen LogP contribution in [0.25, 0.3) is 10.6 Å². The fourth-order valence-electron chi connectivity index (χ4n) is 1.57. The standard InChI is InChI=1S/C12H15N3S/c1-3-5-10-14-11(8(2)12(13)15-10)9-6-4-7-16-9/h4,6-7H,3,5H2,1-2H3,(H2,13,14,15). The van der Waals surface area contributed by atoms with Gasteiger partial charge >= 0.3 is 0 Å². The maximum atomic E-state index is 5.91. The van der Waals surface area contributed by atoms with Gasteiger partial charge in [-0.3, -0.25) is 0 Å². The molecular formula is C12H15N3S. The zero-order valence-electron chi connectivity index (χ0n) is 9.53. The molecule has 84 valence electrons. The molecule has 0 saturated carbocycles. The van der Waals surface area contributed by atoms with E-state index in [1.54, 1.807) is 11.3 Å². The van der Waals surface area contributed by atoms with Gasteiger partial charge in [0, 0.05) is 12.0 Å². The molecular weight excluding hydrogens is 218 g/mol. The van der Waals surface area contributed by atoms with Gasteiger partial charge in [0.1, 0.15) is 11.6 Å². The van der Waals surface area contributed by atoms with Crippen molar-refractivity contribution in [2.75, 3.05) is 5.73 Å². The van der Waals surface area contributed by atoms with Crippen molar-refractivity contribution < 1.29 is 0 Å². The number of aromatic nitrogens is 2. The highest BCUT2D eigenvalue weighted by molar-refractivity contribution is 7.13. The largest absolute Gasteiger partial charge is 0.383 e. The van der Waals surface area contributed by atoms with Gasteiger partial charge in [-0.05, 0) is 24.8 Å². The van der Waals surface area contributed by atoms with E-state index >= 15 is 0 Å². The van der Waals surface area contributed by atoms with E-state index in [0.29, 0.717) is 5.82 Å². The van der Waals surface area contributed by atoms with E-state index in [2.05, 4.69) is 23.0 Å². The second kappa shape index (κ2) is 4.61. The Kier molecular flexibility index (Phi) is 3.19. The normalized spacial score (nSPS) is 10.6. The average Bonchev–Trinajstić information content (AvgIpc) is 2.76. The Morgan fingerprint density at radius 1 is 1.38 bits per heavy atom. The molecule has 0 atom stereocenters. The van der Waals surface area contributed by atoms with E-state index in [9.17, 15) is 0 Å². The molecule has 2 aromatic heterocycles. The van der Waals surface area contributed by atoms with Crippen LogP contribution in [0, 0.1) is 6.92 Å². The zero-order valence-corrected chi connectivity index (χ0v) is 10.3. The number of nitrogens with zero attached hydrogens (tertiary/aromatic N) is 2. The van der Waals surface area contributed by atoms with Gasteiger partial charge in [-0.25, -0.2) is 9.97 Å². The van der Waals surface area contributed by atoms with Crippen LogP contribution < -0.4 is 5.73 Å². The molecule has 0 radical (unpaired) electrons. The zero-order chi connectivity index (χ0) is 11.5. The fourth-order valence-corrected chi connectivity index (χ4v) is 2.34. The first-order valence-corrected chi connectivity index (χ1v) is 6.27. The van der Waals surface area contributed by atoms with Crippen molar-refractivity contribution in [1.29, 1.82) is 0 Å². The number of thiophene rings is 1. The van der Waals surface area contributed by atoms with Crippen molar-refractivity contribution in [2.24, 2.45) is 0 Å². The summed E-state index contributed by atoms with van der Waals surface area (Å²) in [5.41, 5.74) is 7.86. The van der Waals surface area contributed by atoms with Crippen molar-refractivity contribution in [1.82, 2.24) is 9.97 Å². The highest BCUT2D eigenvalue weighted by Crippen LogP contribution is 2.28. The summed E-state index contributed by atoms with van der Waals surface area (Å²) >= 11 is 1.68. The SMILES string of the molecule is CCCc1nc(N)c(C)c(-c2cccs2)n1. The molecule has 0 bridgehead atoms. The van der Waals surface area contributed by atoms with Gasteiger partial charge in [-0.2, -0.15) is 0 Å². The van der Waals surface area contributed by atoms with E-state index in [-0.39, 0.29) is 0 Å². The summed E-state index contributed by atoms with van der Waals surface area (Å²) in [4.78, 5) is 10.0. The lowest BCUT2D eigenvalue weighted by molar-refractivity contribution is 0.836. The molecule has 0 unspecified atom stereocenters. The van der Waals surface area contributed by atoms with Gasteiger partial charge in [-0.15, -0.1) is 11.3 Å². The third-order valence-electron chi connectivity index (χ3n) is 2.46. The third kappa shape index (κ3) is 2.07. The number of aryl methyl sites for hydroxylation is 1. The first-order chi connectivity index (χ1) is 7.72. The first-order valence-electron chi connectivity index (χ1n) is 5.39. The fraction of sp³-hybridized carbons (Fsp3) is 0.333. The maximum absolute atomic E-state index is 5.91. The Labute approximate surface area is 99.4 Å². The Morgan fingerprint density at radius 3 is 2.81 bits per heavy atom. The number of nitrogen functional groups attached to an aromatic ring is 1. The van der Waals surface area contributed by atoms with Crippen LogP contribution in [-0.4, -0.2) is 9.97 Å². The van der Waals surface area contributed by atoms with Crippen LogP contribution in [0.2, 0.25) is 0 Å². The summed E-state index contributed by atoms with van der Waals surface area (Å²) in [6.45, 7) is 4.09. The van der Waals surface area contributed by atoms with Crippen molar-refractivity contribution in [3.63, 3.8) is 0 Å². The van der Waals surface area contributed by atoms with Gasteiger partial charge < -0.3 is 5.73 Å². The molecule has 2 N–H and O–H groups in total. The number of rotatable bonds is 3. The number of hydrogen-bond acceptors (Lipinski definition) is 4. The van der Waals surface area contributed by atoms with Gasteiger partial charge in [0.15, 0.2) is 0 Å². The number of hydrogen-bond donors (Lipinski definition) is 1. The van der Waals surface area contributed by atoms with Crippen LogP contribution in [0.5, 0.6) is 0 Å². The molecule has 0 aliphatic heterocycles. The van der Waals surface area contributed by atoms with E-state index in [1.165, 1.54) is 0 Å². The van der Waals surface area contributed by atoms with E-state index in [0.717, 1.165) is 34.8 Å². The lowest BCUT2D eigenvalue weighted by Gasteiger charge is -2.08. The molecule has 0 spiro atoms. The minimum Gasteiger partial charge on any atom is -0.383 e. The summed E-state index contributed by atoms with van der Waals surface area (Å²) in [6.07, 6.45) is 1.91. The summed E-state index contributed by atoms with van der Waals surface area (Å²) in [7, 11) is 0. The first kappa shape index (κ1) is 11.1. The molecule has 0 aliphatic carbocycles. The molecule has 0 aromatic carbocycles. The number of anilines is 1. The summed E-state index contributed by atoms with van der Waals surface area (Å²) < 4.78 is 0. The topological polar surface area (TPSA) is 51.8 Å². The molecule has 2 aromatic rings. The quantitative estimate of drug-likeness (QED) is 0.886. The smallest absolute Gasteiger partial charge is 0.131 e. The monoisotopic (exact) mass is 233 g/mol. The predicted molar refractivity (Wildman–Crippen MR) is 68.5 cm³/mol. The molecule has 3 nitrogen and oxygen atoms in total. The lowest BCUT2D eigenvalue weighted by Crippen LogP contribution is -2.04. The van der Waals surface area contributed by atoms with Crippen molar-refractivity contribution in [3.05, 3.63) is 28.9 Å². The van der Waals surface area contributed by atoms with Crippen LogP contribution in [0.4, 0.5) is 5.82 Å². The van der Waals surface area contributed by atoms with Crippen LogP contribution >= 0.6 is 11.3 Å². The van der Waals surface area contributed by atoms with Crippen molar-refractivity contribution in [2.45, 2.75) is 26.7 Å². The second-order valence-electron chi connectivity index (χ2n) is 3.73. The Bertz CT molecular complexity index is 477. The van der Waals surface area contributed by atoms with Gasteiger partial charge in [0.05, 0.1) is 10.6 Å². The van der Waals surface area contributed by atoms with Gasteiger partial charge in [0.2, 0.25) is 0 Å². The Morgan fingerprint density at radius 2 is 2.19 bits per heavy atom. The van der Waals surface area contributed by atoms with Crippen LogP contribution in [0.1, 0.15) is 24.7 Å². The van der Waals surface area contributed by atoms with Crippen molar-refractivity contribution >= 4 is 17.2 Å². The molecule has 0 fully saturated rings. The summed E-state index contributed by atoms with van der Waals surface area (Å²) in [6, 6.07) is 4.09. The third-order valence-corrected chi connectivity index (χ3v) is 3.33. The number of nitrogens with two attached hydrogens (primary N) is 1. The Hall–Kier alpha value is -1.42. The van der Waals surface area contributed by atoms with E-state index in [4.69, 9.17) is 5.73 Å². The molecule has 2 rings (SSSR count). The summed E-state index contributed by atoms with van der Waals surface area (Å²) in [5.74, 6) is 1.44. The van der Waals surface area contributed by atoms with Gasteiger partial charge in [0.25, 0.3) is 0 Å². The molecule has 0 aliphatic rings. The molecule has 0 saturated heterocycles. The van der Waals surface area contributed by atoms with Crippen molar-refractivity contribution in [3.8, 4) is 10.6 Å². The molecule has 0 amide bonds. The minimum atomic E-state index is 0.599. The minimum absolute atomic E-state index is 0.599. The van der Waals surface area contributed by atoms with E-state index in [1.807, 2.05) is 18.4 Å². The van der Waals surface area contributed by atoms with Crippen LogP contribution in [-0.2, 0) is 6.42 Å². The molecule has 4 heteroatoms. The maximum Gasteiger partial charge on any atom is 0.131 e. The second-order valence-corrected chi connectivity index (χ2v) is 4.67. The van der Waals surface area contributed by atoms with Crippen LogP contribution in [0.15, 0.2) is 17.5 Å². The lowest BCUT2D eigenvalue weighted by atomic mass is 10.2. The van der Waals surface area contributed by atoms with E-state index < -0.39 is 0 Å². The van der Waals surface area contributed by atoms with Gasteiger partial charge in [-0.1, -0.05) is 13.0 Å².